The van der Waals surface area contributed by atoms with Crippen molar-refractivity contribution in [1.29, 1.82) is 0 Å². The van der Waals surface area contributed by atoms with Gasteiger partial charge in [-0.15, -0.1) is 0 Å². The Morgan fingerprint density at radius 1 is 0.700 bits per heavy atom. The van der Waals surface area contributed by atoms with Crippen molar-refractivity contribution in [2.75, 3.05) is 26.4 Å². The number of unbranched alkanes of at least 4 members (excludes halogenated alkanes) is 11. The van der Waals surface area contributed by atoms with E-state index in [4.69, 9.17) is 24.3 Å². The van der Waals surface area contributed by atoms with Gasteiger partial charge in [0.1, 0.15) is 6.61 Å². The van der Waals surface area contributed by atoms with Gasteiger partial charge in [-0.3, -0.25) is 18.6 Å². The monoisotopic (exact) mass is 725 g/mol. The Bertz CT molecular complexity index is 1030. The van der Waals surface area contributed by atoms with Crippen LogP contribution in [0.2, 0.25) is 0 Å². The van der Waals surface area contributed by atoms with E-state index in [1.807, 2.05) is 36.5 Å². The second-order valence-electron chi connectivity index (χ2n) is 12.3. The second kappa shape index (κ2) is 35.1. The topological polar surface area (TPSA) is 155 Å². The molecule has 0 fully saturated rings. The molecule has 3 atom stereocenters. The number of carbonyl (C=O) groups is 2. The van der Waals surface area contributed by atoms with Gasteiger partial charge in [0.2, 0.25) is 0 Å². The number of aliphatic hydroxyl groups excluding tert-OH is 1. The van der Waals surface area contributed by atoms with Crippen molar-refractivity contribution < 1.29 is 42.7 Å². The molecular weight excluding hydrogens is 657 g/mol. The predicted molar refractivity (Wildman–Crippen MR) is 202 cm³/mol. The third kappa shape index (κ3) is 34.1. The third-order valence-electron chi connectivity index (χ3n) is 7.46. The van der Waals surface area contributed by atoms with Gasteiger partial charge in [0.05, 0.1) is 19.3 Å². The quantitative estimate of drug-likeness (QED) is 0.0192. The summed E-state index contributed by atoms with van der Waals surface area (Å²) in [6, 6.07) is 0. The number of phosphoric acid groups is 1. The molecule has 0 bridgehead atoms. The molecule has 0 heterocycles. The SMILES string of the molecule is CCCC/C=C\CCCCCCCC(=O)O[C@H](COC(=O)CCC/C=C\C/C=C\C=C\[C@H](O)C/C=C\CCCCC)COP(=O)(O)OCCN. The normalized spacial score (nSPS) is 14.7. The fraction of sp³-hybridized carbons (Fsp3) is 0.692. The average molecular weight is 726 g/mol. The molecule has 0 aliphatic rings. The molecule has 0 amide bonds. The van der Waals surface area contributed by atoms with Crippen LogP contribution in [0.5, 0.6) is 0 Å². The Hall–Kier alpha value is -2.33. The number of aliphatic hydroxyl groups is 1. The fourth-order valence-corrected chi connectivity index (χ4v) is 5.34. The summed E-state index contributed by atoms with van der Waals surface area (Å²) in [7, 11) is -4.40. The van der Waals surface area contributed by atoms with E-state index in [-0.39, 0.29) is 32.6 Å². The number of hydrogen-bond acceptors (Lipinski definition) is 9. The van der Waals surface area contributed by atoms with E-state index in [0.29, 0.717) is 25.7 Å². The van der Waals surface area contributed by atoms with Crippen molar-refractivity contribution in [1.82, 2.24) is 0 Å². The number of ether oxygens (including phenoxy) is 2. The molecule has 0 radical (unpaired) electrons. The Balaban J connectivity index is 4.41. The van der Waals surface area contributed by atoms with Crippen LogP contribution < -0.4 is 5.73 Å². The standard InChI is InChI=1S/C39H68NO9P/c1-3-5-7-9-11-12-13-14-19-23-27-31-39(43)49-37(35-48-50(44,45)47-33-32-40)34-46-38(42)30-26-22-18-16-15-17-21-25-29-36(41)28-24-20-10-8-6-4-2/h9,11,16-18,20-21,24-25,29,36-37,41H,3-8,10,12-15,19,22-23,26-28,30-35,40H2,1-2H3,(H,44,45)/b11-9-,18-16-,21-17-,24-20-,29-25+/t36-,37-/m1/s1. The molecule has 0 rings (SSSR count). The smallest absolute Gasteiger partial charge is 0.462 e. The van der Waals surface area contributed by atoms with Gasteiger partial charge in [-0.25, -0.2) is 4.57 Å². The Morgan fingerprint density at radius 3 is 2.06 bits per heavy atom. The van der Waals surface area contributed by atoms with E-state index in [0.717, 1.165) is 51.4 Å². The highest BCUT2D eigenvalue weighted by molar-refractivity contribution is 7.47. The van der Waals surface area contributed by atoms with E-state index < -0.39 is 38.6 Å². The molecule has 0 aromatic carbocycles. The Labute approximate surface area is 302 Å². The zero-order chi connectivity index (χ0) is 37.0. The summed E-state index contributed by atoms with van der Waals surface area (Å²) < 4.78 is 32.5. The molecule has 0 saturated heterocycles. The van der Waals surface area contributed by atoms with Gasteiger partial charge in [0, 0.05) is 19.4 Å². The minimum absolute atomic E-state index is 0.0331. The molecule has 0 aromatic heterocycles. The molecule has 288 valence electrons. The molecule has 4 N–H and O–H groups in total. The molecule has 0 aliphatic carbocycles. The van der Waals surface area contributed by atoms with Gasteiger partial charge >= 0.3 is 19.8 Å². The van der Waals surface area contributed by atoms with E-state index >= 15 is 0 Å². The van der Waals surface area contributed by atoms with Gasteiger partial charge in [0.15, 0.2) is 6.10 Å². The molecule has 10 nitrogen and oxygen atoms in total. The molecule has 0 spiro atoms. The molecule has 0 aromatic rings. The zero-order valence-corrected chi connectivity index (χ0v) is 31.9. The minimum atomic E-state index is -4.40. The van der Waals surface area contributed by atoms with Gasteiger partial charge in [-0.2, -0.15) is 0 Å². The van der Waals surface area contributed by atoms with Gasteiger partial charge in [0.25, 0.3) is 0 Å². The van der Waals surface area contributed by atoms with Crippen LogP contribution in [0, 0.1) is 0 Å². The van der Waals surface area contributed by atoms with Gasteiger partial charge < -0.3 is 25.2 Å². The van der Waals surface area contributed by atoms with Crippen LogP contribution in [0.4, 0.5) is 0 Å². The van der Waals surface area contributed by atoms with E-state index in [2.05, 4.69) is 32.1 Å². The summed E-state index contributed by atoms with van der Waals surface area (Å²) in [5.41, 5.74) is 5.32. The first kappa shape index (κ1) is 47.7. The van der Waals surface area contributed by atoms with Crippen LogP contribution in [-0.2, 0) is 32.7 Å². The van der Waals surface area contributed by atoms with Gasteiger partial charge in [-0.1, -0.05) is 120 Å². The van der Waals surface area contributed by atoms with Crippen LogP contribution in [0.15, 0.2) is 60.8 Å². The number of allylic oxidation sites excluding steroid dienone is 8. The third-order valence-corrected chi connectivity index (χ3v) is 8.44. The highest BCUT2D eigenvalue weighted by Crippen LogP contribution is 2.43. The molecule has 1 unspecified atom stereocenters. The highest BCUT2D eigenvalue weighted by Gasteiger charge is 2.25. The lowest BCUT2D eigenvalue weighted by molar-refractivity contribution is -0.161. The Kier molecular flexibility index (Phi) is 33.5. The largest absolute Gasteiger partial charge is 0.472 e. The number of esters is 2. The summed E-state index contributed by atoms with van der Waals surface area (Å²) >= 11 is 0. The Morgan fingerprint density at radius 2 is 1.32 bits per heavy atom. The number of carbonyl (C=O) groups excluding carboxylic acids is 2. The van der Waals surface area contributed by atoms with Crippen molar-refractivity contribution in [2.24, 2.45) is 5.73 Å². The van der Waals surface area contributed by atoms with Gasteiger partial charge in [-0.05, 0) is 64.2 Å². The van der Waals surface area contributed by atoms with Crippen LogP contribution in [0.3, 0.4) is 0 Å². The number of nitrogens with two attached hydrogens (primary N) is 1. The van der Waals surface area contributed by atoms with Crippen molar-refractivity contribution in [2.45, 2.75) is 148 Å². The second-order valence-corrected chi connectivity index (χ2v) is 13.7. The number of phosphoric ester groups is 1. The van der Waals surface area contributed by atoms with E-state index in [9.17, 15) is 24.2 Å². The molecular formula is C39H68NO9P. The first-order valence-corrected chi connectivity index (χ1v) is 20.4. The van der Waals surface area contributed by atoms with Crippen molar-refractivity contribution in [3.8, 4) is 0 Å². The minimum Gasteiger partial charge on any atom is -0.462 e. The van der Waals surface area contributed by atoms with Crippen LogP contribution in [0.1, 0.15) is 136 Å². The molecule has 0 aliphatic heterocycles. The van der Waals surface area contributed by atoms with Crippen molar-refractivity contribution in [3.63, 3.8) is 0 Å². The maximum absolute atomic E-state index is 12.5. The molecule has 50 heavy (non-hydrogen) atoms. The number of rotatable bonds is 34. The maximum atomic E-state index is 12.5. The summed E-state index contributed by atoms with van der Waals surface area (Å²) in [4.78, 5) is 34.6. The summed E-state index contributed by atoms with van der Waals surface area (Å²) in [5.74, 6) is -0.953. The van der Waals surface area contributed by atoms with E-state index in [1.165, 1.54) is 32.1 Å². The lowest BCUT2D eigenvalue weighted by Gasteiger charge is -2.19. The summed E-state index contributed by atoms with van der Waals surface area (Å²) in [6.07, 6.45) is 35.8. The molecule has 11 heteroatoms. The summed E-state index contributed by atoms with van der Waals surface area (Å²) in [5, 5.41) is 10.00. The average Bonchev–Trinajstić information content (AvgIpc) is 3.09. The van der Waals surface area contributed by atoms with E-state index in [1.54, 1.807) is 6.08 Å². The summed E-state index contributed by atoms with van der Waals surface area (Å²) in [6.45, 7) is 3.46. The van der Waals surface area contributed by atoms with Crippen LogP contribution in [-0.4, -0.2) is 60.5 Å². The van der Waals surface area contributed by atoms with Crippen LogP contribution >= 0.6 is 7.82 Å². The van der Waals surface area contributed by atoms with Crippen LogP contribution in [0.25, 0.3) is 0 Å². The number of hydrogen-bond donors (Lipinski definition) is 3. The lowest BCUT2D eigenvalue weighted by Crippen LogP contribution is -2.29. The first-order chi connectivity index (χ1) is 24.2. The fourth-order valence-electron chi connectivity index (χ4n) is 4.57. The maximum Gasteiger partial charge on any atom is 0.472 e. The first-order valence-electron chi connectivity index (χ1n) is 18.9. The van der Waals surface area contributed by atoms with Crippen molar-refractivity contribution in [3.05, 3.63) is 60.8 Å². The highest BCUT2D eigenvalue weighted by atomic mass is 31.2. The molecule has 0 saturated carbocycles. The zero-order valence-electron chi connectivity index (χ0n) is 31.0. The lowest BCUT2D eigenvalue weighted by atomic mass is 10.1. The predicted octanol–water partition coefficient (Wildman–Crippen LogP) is 9.13. The van der Waals surface area contributed by atoms with Crippen molar-refractivity contribution >= 4 is 19.8 Å².